The van der Waals surface area contributed by atoms with Crippen molar-refractivity contribution < 1.29 is 8.98 Å². The van der Waals surface area contributed by atoms with Gasteiger partial charge in [0.05, 0.1) is 12.1 Å². The molecule has 2 heterocycles. The number of aromatic nitrogens is 1. The molecule has 0 aliphatic rings. The van der Waals surface area contributed by atoms with E-state index in [0.29, 0.717) is 11.6 Å². The Morgan fingerprint density at radius 3 is 2.52 bits per heavy atom. The van der Waals surface area contributed by atoms with Crippen LogP contribution in [-0.2, 0) is 7.05 Å². The predicted molar refractivity (Wildman–Crippen MR) is 110 cm³/mol. The molecule has 0 radical (unpaired) electrons. The van der Waals surface area contributed by atoms with Crippen LogP contribution in [0.2, 0.25) is 0 Å². The van der Waals surface area contributed by atoms with Crippen molar-refractivity contribution in [3.8, 4) is 11.3 Å². The number of hydrogen-bond acceptors (Lipinski definition) is 1. The van der Waals surface area contributed by atoms with E-state index in [0.717, 1.165) is 38.8 Å². The second kappa shape index (κ2) is 6.25. The van der Waals surface area contributed by atoms with Gasteiger partial charge in [-0.1, -0.05) is 32.0 Å². The summed E-state index contributed by atoms with van der Waals surface area (Å²) in [6.07, 6.45) is 2.05. The van der Waals surface area contributed by atoms with Crippen molar-refractivity contribution >= 4 is 27.6 Å². The summed E-state index contributed by atoms with van der Waals surface area (Å²) < 4.78 is 8.60. The number of furan rings is 1. The zero-order valence-electron chi connectivity index (χ0n) is 16.4. The second-order valence-corrected chi connectivity index (χ2v) is 7.51. The minimum atomic E-state index is 0.312. The van der Waals surface area contributed by atoms with Crippen LogP contribution < -0.4 is 4.57 Å². The Morgan fingerprint density at radius 2 is 1.85 bits per heavy atom. The van der Waals surface area contributed by atoms with E-state index >= 15 is 0 Å². The molecule has 4 rings (SSSR count). The van der Waals surface area contributed by atoms with Gasteiger partial charge >= 0.3 is 0 Å². The number of hydrogen-bond donors (Lipinski definition) is 0. The minimum absolute atomic E-state index is 0.312. The maximum Gasteiger partial charge on any atom is 0.216 e. The number of pyridine rings is 1. The highest BCUT2D eigenvalue weighted by Gasteiger charge is 2.23. The van der Waals surface area contributed by atoms with E-state index in [2.05, 4.69) is 67.7 Å². The van der Waals surface area contributed by atoms with E-state index in [9.17, 15) is 0 Å². The monoisotopic (exact) mass is 355 g/mol. The summed E-state index contributed by atoms with van der Waals surface area (Å²) in [4.78, 5) is 3.73. The second-order valence-electron chi connectivity index (χ2n) is 7.51. The average Bonchev–Trinajstić information content (AvgIpc) is 3.03. The third-order valence-corrected chi connectivity index (χ3v) is 5.43. The van der Waals surface area contributed by atoms with Crippen LogP contribution in [0.3, 0.4) is 0 Å². The van der Waals surface area contributed by atoms with Crippen molar-refractivity contribution in [2.24, 2.45) is 7.05 Å². The van der Waals surface area contributed by atoms with Crippen LogP contribution in [0.4, 0.5) is 5.69 Å². The van der Waals surface area contributed by atoms with Crippen LogP contribution in [-0.4, -0.2) is 0 Å². The zero-order valence-corrected chi connectivity index (χ0v) is 16.4. The minimum Gasteiger partial charge on any atom is -0.456 e. The largest absolute Gasteiger partial charge is 0.456 e. The molecule has 3 heteroatoms. The first-order valence-corrected chi connectivity index (χ1v) is 9.25. The van der Waals surface area contributed by atoms with Crippen LogP contribution in [0.1, 0.15) is 36.5 Å². The summed E-state index contributed by atoms with van der Waals surface area (Å²) in [7, 11) is 2.05. The first-order chi connectivity index (χ1) is 12.9. The summed E-state index contributed by atoms with van der Waals surface area (Å²) in [5.41, 5.74) is 7.92. The number of fused-ring (bicyclic) bond motifs is 3. The molecule has 0 unspecified atom stereocenters. The van der Waals surface area contributed by atoms with Crippen LogP contribution in [0.15, 0.2) is 47.0 Å². The van der Waals surface area contributed by atoms with Crippen molar-refractivity contribution in [2.45, 2.75) is 33.6 Å². The van der Waals surface area contributed by atoms with E-state index in [-0.39, 0.29) is 0 Å². The Bertz CT molecular complexity index is 1240. The molecule has 0 spiro atoms. The smallest absolute Gasteiger partial charge is 0.216 e. The topological polar surface area (TPSA) is 21.4 Å². The average molecular weight is 355 g/mol. The van der Waals surface area contributed by atoms with Gasteiger partial charge in [0, 0.05) is 22.9 Å². The van der Waals surface area contributed by atoms with Crippen LogP contribution in [0.5, 0.6) is 0 Å². The lowest BCUT2D eigenvalue weighted by molar-refractivity contribution is -0.660. The number of benzene rings is 2. The highest BCUT2D eigenvalue weighted by Crippen LogP contribution is 2.43. The highest BCUT2D eigenvalue weighted by molar-refractivity contribution is 6.13. The summed E-state index contributed by atoms with van der Waals surface area (Å²) in [6.45, 7) is 16.0. The Labute approximate surface area is 159 Å². The van der Waals surface area contributed by atoms with Crippen LogP contribution in [0, 0.1) is 20.4 Å². The lowest BCUT2D eigenvalue weighted by atomic mass is 9.93. The van der Waals surface area contributed by atoms with Crippen molar-refractivity contribution in [3.63, 3.8) is 0 Å². The molecule has 0 amide bonds. The standard InChI is InChI=1S/C24H23N2O/c1-14(2)18-13-19(25-5)16(4)23-22(18)17-11-10-15(3)21(24(17)27-23)20-9-7-8-12-26(20)6/h7-14H,1-4,6H3/q+1. The quantitative estimate of drug-likeness (QED) is 0.302. The number of rotatable bonds is 2. The van der Waals surface area contributed by atoms with Gasteiger partial charge in [-0.3, -0.25) is 0 Å². The van der Waals surface area contributed by atoms with E-state index in [1.54, 1.807) is 0 Å². The zero-order chi connectivity index (χ0) is 19.3. The number of aryl methyl sites for hydroxylation is 3. The maximum absolute atomic E-state index is 7.55. The molecule has 134 valence electrons. The molecule has 27 heavy (non-hydrogen) atoms. The first kappa shape index (κ1) is 17.3. The van der Waals surface area contributed by atoms with E-state index in [4.69, 9.17) is 11.0 Å². The third-order valence-electron chi connectivity index (χ3n) is 5.43. The molecule has 2 aromatic carbocycles. The Morgan fingerprint density at radius 1 is 1.07 bits per heavy atom. The highest BCUT2D eigenvalue weighted by atomic mass is 16.3. The van der Waals surface area contributed by atoms with E-state index < -0.39 is 0 Å². The normalized spacial score (nSPS) is 11.4. The van der Waals surface area contributed by atoms with Gasteiger partial charge in [0.1, 0.15) is 18.2 Å². The first-order valence-electron chi connectivity index (χ1n) is 9.25. The molecular formula is C24H23N2O+. The molecular weight excluding hydrogens is 332 g/mol. The van der Waals surface area contributed by atoms with Gasteiger partial charge < -0.3 is 4.42 Å². The Kier molecular flexibility index (Phi) is 4.00. The summed E-state index contributed by atoms with van der Waals surface area (Å²) in [5, 5.41) is 2.27. The number of nitrogens with zero attached hydrogens (tertiary/aromatic N) is 2. The molecule has 0 bridgehead atoms. The van der Waals surface area contributed by atoms with Crippen molar-refractivity contribution in [3.05, 3.63) is 70.7 Å². The Balaban J connectivity index is 2.23. The fourth-order valence-electron chi connectivity index (χ4n) is 3.93. The molecule has 0 aliphatic carbocycles. The fraction of sp³-hybridized carbons (Fsp3) is 0.250. The van der Waals surface area contributed by atoms with Gasteiger partial charge in [-0.15, -0.1) is 0 Å². The van der Waals surface area contributed by atoms with Gasteiger partial charge in [0.2, 0.25) is 5.69 Å². The summed E-state index contributed by atoms with van der Waals surface area (Å²) >= 11 is 0. The van der Waals surface area contributed by atoms with Gasteiger partial charge in [0.25, 0.3) is 0 Å². The Hall–Kier alpha value is -3.12. The predicted octanol–water partition coefficient (Wildman–Crippen LogP) is 6.37. The van der Waals surface area contributed by atoms with Gasteiger partial charge in [-0.2, -0.15) is 0 Å². The molecule has 2 aromatic heterocycles. The maximum atomic E-state index is 7.55. The molecule has 0 saturated heterocycles. The van der Waals surface area contributed by atoms with Crippen molar-refractivity contribution in [1.29, 1.82) is 0 Å². The molecule has 0 fully saturated rings. The SMILES string of the molecule is [C-]#[N+]c1cc(C(C)C)c2c(oc3c(-c4cccc[n+]4C)c(C)ccc32)c1C. The van der Waals surface area contributed by atoms with Gasteiger partial charge in [0.15, 0.2) is 11.9 Å². The summed E-state index contributed by atoms with van der Waals surface area (Å²) in [5.74, 6) is 0.312. The molecule has 0 atom stereocenters. The molecule has 0 aliphatic heterocycles. The lowest BCUT2D eigenvalue weighted by Crippen LogP contribution is -2.30. The lowest BCUT2D eigenvalue weighted by Gasteiger charge is -2.10. The van der Waals surface area contributed by atoms with Crippen LogP contribution in [0.25, 0.3) is 38.0 Å². The van der Waals surface area contributed by atoms with Crippen LogP contribution >= 0.6 is 0 Å². The van der Waals surface area contributed by atoms with E-state index in [1.165, 1.54) is 11.1 Å². The molecule has 0 saturated carbocycles. The third kappa shape index (κ3) is 2.52. The van der Waals surface area contributed by atoms with E-state index in [1.807, 2.05) is 19.1 Å². The van der Waals surface area contributed by atoms with Crippen molar-refractivity contribution in [1.82, 2.24) is 0 Å². The fourth-order valence-corrected chi connectivity index (χ4v) is 3.93. The summed E-state index contributed by atoms with van der Waals surface area (Å²) in [6, 6.07) is 12.6. The van der Waals surface area contributed by atoms with Gasteiger partial charge in [-0.25, -0.2) is 9.41 Å². The molecule has 3 nitrogen and oxygen atoms in total. The molecule has 4 aromatic rings. The van der Waals surface area contributed by atoms with Gasteiger partial charge in [-0.05, 0) is 42.5 Å². The van der Waals surface area contributed by atoms with Crippen molar-refractivity contribution in [2.75, 3.05) is 0 Å². The molecule has 0 N–H and O–H groups in total.